The van der Waals surface area contributed by atoms with Crippen LogP contribution in [0, 0.1) is 0 Å². The Balaban J connectivity index is 0.00000338. The third kappa shape index (κ3) is 6.12. The molecule has 0 aliphatic heterocycles. The minimum absolute atomic E-state index is 0. The quantitative estimate of drug-likeness (QED) is 0.543. The second kappa shape index (κ2) is 10.7. The smallest absolute Gasteiger partial charge is 0.251 e. The summed E-state index contributed by atoms with van der Waals surface area (Å²) in [6.45, 7) is 1.32. The van der Waals surface area contributed by atoms with Crippen molar-refractivity contribution in [3.8, 4) is 5.75 Å². The first-order valence-corrected chi connectivity index (χ1v) is 10.1. The van der Waals surface area contributed by atoms with E-state index < -0.39 is 10.0 Å². The molecule has 0 spiro atoms. The monoisotopic (exact) mass is 405 g/mol. The highest BCUT2D eigenvalue weighted by Crippen LogP contribution is 2.27. The molecule has 0 heterocycles. The fourth-order valence-electron chi connectivity index (χ4n) is 2.92. The van der Waals surface area contributed by atoms with Gasteiger partial charge < -0.3 is 15.4 Å². The highest BCUT2D eigenvalue weighted by molar-refractivity contribution is 7.89. The van der Waals surface area contributed by atoms with Crippen LogP contribution in [-0.2, 0) is 10.0 Å². The fourth-order valence-corrected chi connectivity index (χ4v) is 4.42. The van der Waals surface area contributed by atoms with E-state index in [0.29, 0.717) is 12.1 Å². The number of ether oxygens (including phenoxy) is 1. The lowest BCUT2D eigenvalue weighted by Gasteiger charge is -2.15. The fraction of sp³-hybridized carbons (Fsp3) is 0.588. The molecule has 1 aromatic carbocycles. The Morgan fingerprint density at radius 1 is 1.23 bits per heavy atom. The molecule has 26 heavy (non-hydrogen) atoms. The SMILES string of the molecule is CNCCCNC(=O)c1ccc(OC)c(S(=O)(=O)NC2CCCC2)c1.Cl. The van der Waals surface area contributed by atoms with Crippen molar-refractivity contribution in [1.82, 2.24) is 15.4 Å². The van der Waals surface area contributed by atoms with E-state index in [-0.39, 0.29) is 35.0 Å². The molecule has 0 unspecified atom stereocenters. The van der Waals surface area contributed by atoms with Crippen molar-refractivity contribution >= 4 is 28.3 Å². The van der Waals surface area contributed by atoms with Gasteiger partial charge in [0.1, 0.15) is 10.6 Å². The summed E-state index contributed by atoms with van der Waals surface area (Å²) in [5.41, 5.74) is 0.303. The molecule has 0 saturated heterocycles. The van der Waals surface area contributed by atoms with Crippen LogP contribution in [0.25, 0.3) is 0 Å². The summed E-state index contributed by atoms with van der Waals surface area (Å²) in [7, 11) is -0.472. The Hall–Kier alpha value is -1.35. The molecule has 1 aliphatic carbocycles. The van der Waals surface area contributed by atoms with Gasteiger partial charge in [-0.05, 0) is 51.1 Å². The van der Waals surface area contributed by atoms with Crippen LogP contribution >= 0.6 is 12.4 Å². The Labute approximate surface area is 161 Å². The Morgan fingerprint density at radius 3 is 2.54 bits per heavy atom. The van der Waals surface area contributed by atoms with E-state index in [1.165, 1.54) is 19.2 Å². The van der Waals surface area contributed by atoms with Crippen LogP contribution in [0.3, 0.4) is 0 Å². The topological polar surface area (TPSA) is 96.5 Å². The number of methoxy groups -OCH3 is 1. The Bertz CT molecular complexity index is 691. The van der Waals surface area contributed by atoms with Crippen LogP contribution in [0.1, 0.15) is 42.5 Å². The highest BCUT2D eigenvalue weighted by Gasteiger charge is 2.26. The lowest BCUT2D eigenvalue weighted by Crippen LogP contribution is -2.33. The number of carbonyl (C=O) groups excluding carboxylic acids is 1. The summed E-state index contributed by atoms with van der Waals surface area (Å²) in [6, 6.07) is 4.42. The number of carbonyl (C=O) groups is 1. The van der Waals surface area contributed by atoms with Crippen LogP contribution in [-0.4, -0.2) is 47.6 Å². The van der Waals surface area contributed by atoms with Gasteiger partial charge in [-0.3, -0.25) is 4.79 Å². The van der Waals surface area contributed by atoms with Crippen molar-refractivity contribution < 1.29 is 17.9 Å². The first-order chi connectivity index (χ1) is 12.0. The first-order valence-electron chi connectivity index (χ1n) is 8.61. The third-order valence-electron chi connectivity index (χ3n) is 4.28. The maximum Gasteiger partial charge on any atom is 0.251 e. The molecule has 0 atom stereocenters. The average Bonchev–Trinajstić information content (AvgIpc) is 3.10. The lowest BCUT2D eigenvalue weighted by atomic mass is 10.2. The van der Waals surface area contributed by atoms with Gasteiger partial charge in [0.15, 0.2) is 0 Å². The van der Waals surface area contributed by atoms with E-state index >= 15 is 0 Å². The van der Waals surface area contributed by atoms with E-state index in [1.54, 1.807) is 6.07 Å². The van der Waals surface area contributed by atoms with Crippen molar-refractivity contribution in [2.24, 2.45) is 0 Å². The van der Waals surface area contributed by atoms with E-state index in [0.717, 1.165) is 38.6 Å². The zero-order valence-electron chi connectivity index (χ0n) is 15.2. The van der Waals surface area contributed by atoms with Gasteiger partial charge in [0.05, 0.1) is 7.11 Å². The molecule has 0 bridgehead atoms. The molecule has 9 heteroatoms. The van der Waals surface area contributed by atoms with Crippen molar-refractivity contribution in [1.29, 1.82) is 0 Å². The molecule has 7 nitrogen and oxygen atoms in total. The van der Waals surface area contributed by atoms with Gasteiger partial charge in [-0.2, -0.15) is 0 Å². The van der Waals surface area contributed by atoms with Gasteiger partial charge in [-0.1, -0.05) is 12.8 Å². The summed E-state index contributed by atoms with van der Waals surface area (Å²) < 4.78 is 33.3. The van der Waals surface area contributed by atoms with E-state index in [2.05, 4.69) is 15.4 Å². The number of benzene rings is 1. The zero-order valence-corrected chi connectivity index (χ0v) is 16.8. The first kappa shape index (κ1) is 22.7. The third-order valence-corrected chi connectivity index (χ3v) is 5.82. The van der Waals surface area contributed by atoms with Gasteiger partial charge in [0.2, 0.25) is 10.0 Å². The van der Waals surface area contributed by atoms with Crippen molar-refractivity contribution in [3.05, 3.63) is 23.8 Å². The number of sulfonamides is 1. The molecule has 0 radical (unpaired) electrons. The summed E-state index contributed by atoms with van der Waals surface area (Å²) in [4.78, 5) is 12.2. The molecular weight excluding hydrogens is 378 g/mol. The molecule has 1 aliphatic rings. The van der Waals surface area contributed by atoms with Crippen molar-refractivity contribution in [2.45, 2.75) is 43.0 Å². The number of nitrogens with one attached hydrogen (secondary N) is 3. The predicted molar refractivity (Wildman–Crippen MR) is 104 cm³/mol. The standard InChI is InChI=1S/C17H27N3O4S.ClH/c1-18-10-5-11-19-17(21)13-8-9-15(24-2)16(12-13)25(22,23)20-14-6-3-4-7-14;/h8-9,12,14,18,20H,3-7,10-11H2,1-2H3,(H,19,21);1H. The summed E-state index contributed by atoms with van der Waals surface area (Å²) >= 11 is 0. The zero-order chi connectivity index (χ0) is 18.3. The molecule has 3 N–H and O–H groups in total. The number of hydrogen-bond donors (Lipinski definition) is 3. The number of amides is 1. The molecule has 2 rings (SSSR count). The molecule has 1 aromatic rings. The van der Waals surface area contributed by atoms with Crippen LogP contribution in [0.15, 0.2) is 23.1 Å². The second-order valence-electron chi connectivity index (χ2n) is 6.18. The average molecular weight is 406 g/mol. The lowest BCUT2D eigenvalue weighted by molar-refractivity contribution is 0.0953. The molecule has 1 amide bonds. The van der Waals surface area contributed by atoms with Gasteiger partial charge >= 0.3 is 0 Å². The maximum atomic E-state index is 12.7. The number of rotatable bonds is 9. The van der Waals surface area contributed by atoms with E-state index in [9.17, 15) is 13.2 Å². The van der Waals surface area contributed by atoms with E-state index in [4.69, 9.17) is 4.74 Å². The maximum absolute atomic E-state index is 12.7. The second-order valence-corrected chi connectivity index (χ2v) is 7.86. The highest BCUT2D eigenvalue weighted by atomic mass is 35.5. The molecule has 1 saturated carbocycles. The molecule has 148 valence electrons. The van der Waals surface area contributed by atoms with Gasteiger partial charge in [0, 0.05) is 18.2 Å². The minimum atomic E-state index is -3.74. The Morgan fingerprint density at radius 2 is 1.92 bits per heavy atom. The van der Waals surface area contributed by atoms with Crippen molar-refractivity contribution in [3.63, 3.8) is 0 Å². The van der Waals surface area contributed by atoms with Gasteiger partial charge in [-0.15, -0.1) is 12.4 Å². The van der Waals surface area contributed by atoms with Crippen molar-refractivity contribution in [2.75, 3.05) is 27.2 Å². The number of hydrogen-bond acceptors (Lipinski definition) is 5. The largest absolute Gasteiger partial charge is 0.495 e. The van der Waals surface area contributed by atoms with Crippen LogP contribution in [0.5, 0.6) is 5.75 Å². The molecular formula is C17H28ClN3O4S. The summed E-state index contributed by atoms with van der Waals surface area (Å²) in [6.07, 6.45) is 4.53. The van der Waals surface area contributed by atoms with Gasteiger partial charge in [0.25, 0.3) is 5.91 Å². The molecule has 1 fully saturated rings. The van der Waals surface area contributed by atoms with Gasteiger partial charge in [-0.25, -0.2) is 13.1 Å². The Kier molecular flexibility index (Phi) is 9.35. The van der Waals surface area contributed by atoms with Crippen LogP contribution in [0.4, 0.5) is 0 Å². The minimum Gasteiger partial charge on any atom is -0.495 e. The number of halogens is 1. The molecule has 0 aromatic heterocycles. The normalized spacial score (nSPS) is 14.7. The summed E-state index contributed by atoms with van der Waals surface area (Å²) in [5.74, 6) is -0.0618. The predicted octanol–water partition coefficient (Wildman–Crippen LogP) is 1.68. The van der Waals surface area contributed by atoms with Crippen LogP contribution in [0.2, 0.25) is 0 Å². The summed E-state index contributed by atoms with van der Waals surface area (Å²) in [5, 5.41) is 5.79. The van der Waals surface area contributed by atoms with Crippen LogP contribution < -0.4 is 20.1 Å². The van der Waals surface area contributed by atoms with E-state index in [1.807, 2.05) is 7.05 Å².